The van der Waals surface area contributed by atoms with Crippen molar-refractivity contribution < 1.29 is 0 Å². The number of allylic oxidation sites excluding steroid dienone is 7. The van der Waals surface area contributed by atoms with Gasteiger partial charge in [-0.25, -0.2) is 0 Å². The van der Waals surface area contributed by atoms with Gasteiger partial charge in [0.2, 0.25) is 0 Å². The molecule has 7 rings (SSSR count). The number of nitrogens with two attached hydrogens (primary N) is 1. The van der Waals surface area contributed by atoms with Gasteiger partial charge in [0.15, 0.2) is 0 Å². The largest absolute Gasteiger partial charge is 0.400 e. The summed E-state index contributed by atoms with van der Waals surface area (Å²) in [6, 6.07) is 13.9. The molecule has 0 amide bonds. The van der Waals surface area contributed by atoms with Crippen molar-refractivity contribution in [2.24, 2.45) is 17.6 Å². The third kappa shape index (κ3) is 3.19. The fraction of sp³-hybridized carbons (Fsp3) is 0.294. The lowest BCUT2D eigenvalue weighted by atomic mass is 9.79. The second-order valence-electron chi connectivity index (χ2n) is 11.8. The van der Waals surface area contributed by atoms with E-state index in [0.29, 0.717) is 11.8 Å². The second-order valence-corrected chi connectivity index (χ2v) is 11.8. The SMILES string of the molecule is CC1C=Cc2c(n(C3=CC(C4=CC=C(N)C(C)N4)CC=C3)c3ccc4c(c23)C(C)(C)c2ccccc2-4)C1. The molecule has 0 spiro atoms. The van der Waals surface area contributed by atoms with Crippen LogP contribution in [0.15, 0.2) is 84.2 Å². The molecular weight excluding hydrogens is 450 g/mol. The van der Waals surface area contributed by atoms with Crippen molar-refractivity contribution in [1.82, 2.24) is 9.88 Å². The average Bonchev–Trinajstić information content (AvgIpc) is 3.34. The predicted octanol–water partition coefficient (Wildman–Crippen LogP) is 7.29. The van der Waals surface area contributed by atoms with Gasteiger partial charge in [0.25, 0.3) is 0 Å². The van der Waals surface area contributed by atoms with Crippen molar-refractivity contribution >= 4 is 22.7 Å². The molecule has 0 fully saturated rings. The first-order valence-electron chi connectivity index (χ1n) is 13.7. The standard InChI is InChI=1S/C34H35N3/c1-20-12-13-26-31(18-20)37(23-9-7-8-22(19-23)29-16-15-28(35)21(2)36-29)30-17-14-25-24-10-5-6-11-27(24)34(3,4)33(25)32(26)30/h5-7,9-17,19-22,36H,8,18,35H2,1-4H3. The minimum absolute atomic E-state index is 0.0408. The summed E-state index contributed by atoms with van der Waals surface area (Å²) < 4.78 is 2.56. The molecule has 37 heavy (non-hydrogen) atoms. The molecule has 2 aromatic carbocycles. The molecule has 3 atom stereocenters. The van der Waals surface area contributed by atoms with Crippen LogP contribution in [0, 0.1) is 11.8 Å². The van der Waals surface area contributed by atoms with Crippen LogP contribution in [-0.4, -0.2) is 10.6 Å². The maximum atomic E-state index is 6.14. The Kier molecular flexibility index (Phi) is 4.79. The number of nitrogens with zero attached hydrogens (tertiary/aromatic N) is 1. The lowest BCUT2D eigenvalue weighted by Crippen LogP contribution is -2.35. The van der Waals surface area contributed by atoms with Gasteiger partial charge in [-0.15, -0.1) is 0 Å². The number of aromatic nitrogens is 1. The number of hydrogen-bond donors (Lipinski definition) is 2. The van der Waals surface area contributed by atoms with E-state index < -0.39 is 0 Å². The summed E-state index contributed by atoms with van der Waals surface area (Å²) >= 11 is 0. The van der Waals surface area contributed by atoms with Crippen LogP contribution in [0.1, 0.15) is 56.5 Å². The molecule has 3 N–H and O–H groups in total. The van der Waals surface area contributed by atoms with E-state index in [2.05, 4.69) is 117 Å². The van der Waals surface area contributed by atoms with Crippen molar-refractivity contribution in [2.45, 2.75) is 52.0 Å². The fourth-order valence-electron chi connectivity index (χ4n) is 7.01. The Hall–Kier alpha value is -3.72. The Labute approximate surface area is 219 Å². The van der Waals surface area contributed by atoms with Gasteiger partial charge in [0.05, 0.1) is 11.6 Å². The quantitative estimate of drug-likeness (QED) is 0.400. The van der Waals surface area contributed by atoms with Crippen LogP contribution in [0.5, 0.6) is 0 Å². The van der Waals surface area contributed by atoms with E-state index in [4.69, 9.17) is 5.73 Å². The van der Waals surface area contributed by atoms with Gasteiger partial charge in [-0.3, -0.25) is 0 Å². The van der Waals surface area contributed by atoms with Crippen molar-refractivity contribution in [1.29, 1.82) is 0 Å². The number of hydrogen-bond acceptors (Lipinski definition) is 2. The van der Waals surface area contributed by atoms with Crippen LogP contribution >= 0.6 is 0 Å². The van der Waals surface area contributed by atoms with E-state index in [0.717, 1.165) is 18.5 Å². The molecule has 186 valence electrons. The number of fused-ring (bicyclic) bond motifs is 7. The van der Waals surface area contributed by atoms with E-state index >= 15 is 0 Å². The molecule has 3 aliphatic carbocycles. The molecule has 0 radical (unpaired) electrons. The van der Waals surface area contributed by atoms with E-state index in [1.165, 1.54) is 55.8 Å². The summed E-state index contributed by atoms with van der Waals surface area (Å²) in [5, 5.41) is 5.06. The monoisotopic (exact) mass is 485 g/mol. The topological polar surface area (TPSA) is 43.0 Å². The second kappa shape index (κ2) is 7.89. The minimum atomic E-state index is -0.0408. The number of rotatable bonds is 2. The maximum Gasteiger partial charge on any atom is 0.0626 e. The summed E-state index contributed by atoms with van der Waals surface area (Å²) in [5.41, 5.74) is 19.4. The lowest BCUT2D eigenvalue weighted by molar-refractivity contribution is 0.593. The summed E-state index contributed by atoms with van der Waals surface area (Å²) in [6.07, 6.45) is 18.2. The van der Waals surface area contributed by atoms with E-state index in [1.54, 1.807) is 0 Å². The first-order chi connectivity index (χ1) is 17.8. The number of dihydropyridines is 1. The summed E-state index contributed by atoms with van der Waals surface area (Å²) in [5.74, 6) is 0.834. The smallest absolute Gasteiger partial charge is 0.0626 e. The normalized spacial score (nSPS) is 25.1. The Balaban J connectivity index is 1.46. The Morgan fingerprint density at radius 1 is 1.00 bits per heavy atom. The lowest BCUT2D eigenvalue weighted by Gasteiger charge is -2.28. The molecule has 3 nitrogen and oxygen atoms in total. The summed E-state index contributed by atoms with van der Waals surface area (Å²) in [4.78, 5) is 0. The molecule has 3 unspecified atom stereocenters. The van der Waals surface area contributed by atoms with Crippen LogP contribution in [0.2, 0.25) is 0 Å². The van der Waals surface area contributed by atoms with Gasteiger partial charge in [-0.05, 0) is 72.2 Å². The molecule has 0 saturated carbocycles. The van der Waals surface area contributed by atoms with Crippen molar-refractivity contribution in [3.63, 3.8) is 0 Å². The number of nitrogens with one attached hydrogen (secondary N) is 1. The van der Waals surface area contributed by atoms with Crippen molar-refractivity contribution in [2.75, 3.05) is 0 Å². The van der Waals surface area contributed by atoms with Crippen LogP contribution in [0.25, 0.3) is 33.8 Å². The molecule has 3 aromatic rings. The van der Waals surface area contributed by atoms with Gasteiger partial charge in [-0.1, -0.05) is 75.4 Å². The van der Waals surface area contributed by atoms with Gasteiger partial charge in [-0.2, -0.15) is 0 Å². The zero-order valence-corrected chi connectivity index (χ0v) is 22.2. The highest BCUT2D eigenvalue weighted by molar-refractivity contribution is 6.04. The van der Waals surface area contributed by atoms with Gasteiger partial charge in [0, 0.05) is 45.1 Å². The third-order valence-corrected chi connectivity index (χ3v) is 8.94. The molecule has 0 bridgehead atoms. The zero-order valence-electron chi connectivity index (χ0n) is 22.2. The van der Waals surface area contributed by atoms with Crippen LogP contribution in [-0.2, 0) is 11.8 Å². The number of benzene rings is 2. The van der Waals surface area contributed by atoms with Gasteiger partial charge in [0.1, 0.15) is 0 Å². The summed E-state index contributed by atoms with van der Waals surface area (Å²) in [6.45, 7) is 9.25. The van der Waals surface area contributed by atoms with Gasteiger partial charge < -0.3 is 15.6 Å². The Morgan fingerprint density at radius 3 is 2.68 bits per heavy atom. The first-order valence-corrected chi connectivity index (χ1v) is 13.7. The predicted molar refractivity (Wildman–Crippen MR) is 156 cm³/mol. The zero-order chi connectivity index (χ0) is 25.5. The Bertz CT molecular complexity index is 1620. The highest BCUT2D eigenvalue weighted by Crippen LogP contribution is 2.53. The molecule has 2 heterocycles. The Morgan fingerprint density at radius 2 is 1.84 bits per heavy atom. The molecule has 0 saturated heterocycles. The molecule has 4 aliphatic rings. The third-order valence-electron chi connectivity index (χ3n) is 8.94. The molecule has 1 aliphatic heterocycles. The highest BCUT2D eigenvalue weighted by Gasteiger charge is 2.39. The van der Waals surface area contributed by atoms with E-state index in [-0.39, 0.29) is 11.5 Å². The molecular formula is C34H35N3. The minimum Gasteiger partial charge on any atom is -0.400 e. The average molecular weight is 486 g/mol. The van der Waals surface area contributed by atoms with Crippen molar-refractivity contribution in [3.05, 3.63) is 107 Å². The van der Waals surface area contributed by atoms with Gasteiger partial charge >= 0.3 is 0 Å². The maximum absolute atomic E-state index is 6.14. The molecule has 3 heteroatoms. The molecule has 1 aromatic heterocycles. The van der Waals surface area contributed by atoms with Crippen LogP contribution in [0.4, 0.5) is 0 Å². The van der Waals surface area contributed by atoms with E-state index in [1.807, 2.05) is 0 Å². The highest BCUT2D eigenvalue weighted by atomic mass is 15.0. The fourth-order valence-corrected chi connectivity index (χ4v) is 7.01. The van der Waals surface area contributed by atoms with E-state index in [9.17, 15) is 0 Å². The first kappa shape index (κ1) is 22.5. The van der Waals surface area contributed by atoms with Crippen molar-refractivity contribution in [3.8, 4) is 11.1 Å². The summed E-state index contributed by atoms with van der Waals surface area (Å²) in [7, 11) is 0. The van der Waals surface area contributed by atoms with Crippen LogP contribution < -0.4 is 11.1 Å². The van der Waals surface area contributed by atoms with Crippen LogP contribution in [0.3, 0.4) is 0 Å².